The van der Waals surface area contributed by atoms with Crippen LogP contribution in [-0.4, -0.2) is 20.8 Å². The first-order valence-electron chi connectivity index (χ1n) is 7.00. The topological polar surface area (TPSA) is 55.9 Å². The molecule has 2 heterocycles. The average molecular weight is 282 g/mol. The quantitative estimate of drug-likeness (QED) is 0.755. The zero-order valence-corrected chi connectivity index (χ0v) is 11.9. The number of nitrogens with one attached hydrogen (secondary N) is 1. The maximum Gasteiger partial charge on any atom is 0.137 e. The number of aromatic nitrogens is 3. The fraction of sp³-hybridized carbons (Fsp3) is 0.250. The van der Waals surface area contributed by atoms with Crippen molar-refractivity contribution in [3.63, 3.8) is 0 Å². The standard InChI is InChI=1S/C16H18N4O/c1-13(8-16-6-3-7-21-16)19-15-5-2-4-14(9-15)10-20-12-17-11-18-20/h2-7,9,11-13,19H,8,10H2,1H3. The van der Waals surface area contributed by atoms with Crippen molar-refractivity contribution in [2.75, 3.05) is 5.32 Å². The summed E-state index contributed by atoms with van der Waals surface area (Å²) in [5.74, 6) is 0.994. The van der Waals surface area contributed by atoms with Crippen LogP contribution in [0.2, 0.25) is 0 Å². The van der Waals surface area contributed by atoms with Gasteiger partial charge in [-0.05, 0) is 36.8 Å². The van der Waals surface area contributed by atoms with Gasteiger partial charge in [0.15, 0.2) is 0 Å². The minimum atomic E-state index is 0.303. The van der Waals surface area contributed by atoms with Gasteiger partial charge in [0, 0.05) is 18.2 Å². The fourth-order valence-corrected chi connectivity index (χ4v) is 2.33. The Labute approximate surface area is 123 Å². The van der Waals surface area contributed by atoms with Crippen LogP contribution in [0.5, 0.6) is 0 Å². The molecule has 0 radical (unpaired) electrons. The Morgan fingerprint density at radius 2 is 2.24 bits per heavy atom. The van der Waals surface area contributed by atoms with Gasteiger partial charge in [0.25, 0.3) is 0 Å². The van der Waals surface area contributed by atoms with E-state index in [4.69, 9.17) is 4.42 Å². The van der Waals surface area contributed by atoms with Crippen LogP contribution in [0.1, 0.15) is 18.2 Å². The molecule has 0 bridgehead atoms. The van der Waals surface area contributed by atoms with Crippen LogP contribution in [0.15, 0.2) is 59.7 Å². The zero-order valence-electron chi connectivity index (χ0n) is 11.9. The molecule has 0 aliphatic carbocycles. The number of anilines is 1. The van der Waals surface area contributed by atoms with Gasteiger partial charge >= 0.3 is 0 Å². The largest absolute Gasteiger partial charge is 0.469 e. The first-order valence-corrected chi connectivity index (χ1v) is 7.00. The van der Waals surface area contributed by atoms with Gasteiger partial charge < -0.3 is 9.73 Å². The van der Waals surface area contributed by atoms with Crippen molar-refractivity contribution in [2.24, 2.45) is 0 Å². The summed E-state index contributed by atoms with van der Waals surface area (Å²) in [4.78, 5) is 3.96. The molecule has 1 N–H and O–H groups in total. The van der Waals surface area contributed by atoms with Crippen molar-refractivity contribution in [1.82, 2.24) is 14.8 Å². The van der Waals surface area contributed by atoms with Crippen molar-refractivity contribution >= 4 is 5.69 Å². The first-order chi connectivity index (χ1) is 10.3. The minimum absolute atomic E-state index is 0.303. The number of hydrogen-bond donors (Lipinski definition) is 1. The van der Waals surface area contributed by atoms with Crippen LogP contribution < -0.4 is 5.32 Å². The van der Waals surface area contributed by atoms with Crippen LogP contribution in [0.4, 0.5) is 5.69 Å². The summed E-state index contributed by atoms with van der Waals surface area (Å²) in [5, 5.41) is 7.62. The SMILES string of the molecule is CC(Cc1ccco1)Nc1cccc(Cn2cncn2)c1. The van der Waals surface area contributed by atoms with Crippen LogP contribution in [0.25, 0.3) is 0 Å². The number of hydrogen-bond acceptors (Lipinski definition) is 4. The third-order valence-corrected chi connectivity index (χ3v) is 3.24. The van der Waals surface area contributed by atoms with E-state index in [0.717, 1.165) is 24.4 Å². The van der Waals surface area contributed by atoms with Crippen LogP contribution in [0, 0.1) is 0 Å². The summed E-state index contributed by atoms with van der Waals surface area (Å²) in [6.07, 6.45) is 5.84. The summed E-state index contributed by atoms with van der Waals surface area (Å²) >= 11 is 0. The van der Waals surface area contributed by atoms with Gasteiger partial charge in [-0.1, -0.05) is 12.1 Å². The lowest BCUT2D eigenvalue weighted by Crippen LogP contribution is -2.17. The lowest BCUT2D eigenvalue weighted by molar-refractivity contribution is 0.498. The Morgan fingerprint density at radius 3 is 3.00 bits per heavy atom. The van der Waals surface area contributed by atoms with Crippen molar-refractivity contribution in [2.45, 2.75) is 25.9 Å². The van der Waals surface area contributed by atoms with Crippen molar-refractivity contribution in [3.8, 4) is 0 Å². The van der Waals surface area contributed by atoms with E-state index < -0.39 is 0 Å². The predicted octanol–water partition coefficient (Wildman–Crippen LogP) is 2.96. The van der Waals surface area contributed by atoms with E-state index in [1.807, 2.05) is 22.9 Å². The molecule has 0 spiro atoms. The smallest absolute Gasteiger partial charge is 0.137 e. The highest BCUT2D eigenvalue weighted by Gasteiger charge is 2.06. The van der Waals surface area contributed by atoms with Crippen LogP contribution in [-0.2, 0) is 13.0 Å². The normalized spacial score (nSPS) is 12.2. The summed E-state index contributed by atoms with van der Waals surface area (Å²) in [5.41, 5.74) is 2.29. The molecule has 0 saturated heterocycles. The molecule has 0 fully saturated rings. The molecule has 1 unspecified atom stereocenters. The second kappa shape index (κ2) is 6.26. The van der Waals surface area contributed by atoms with E-state index >= 15 is 0 Å². The van der Waals surface area contributed by atoms with E-state index in [2.05, 4.69) is 40.5 Å². The Hall–Kier alpha value is -2.56. The highest BCUT2D eigenvalue weighted by Crippen LogP contribution is 2.14. The highest BCUT2D eigenvalue weighted by atomic mass is 16.3. The van der Waals surface area contributed by atoms with Crippen molar-refractivity contribution in [1.29, 1.82) is 0 Å². The molecule has 0 saturated carbocycles. The van der Waals surface area contributed by atoms with Gasteiger partial charge in [-0.25, -0.2) is 9.67 Å². The summed E-state index contributed by atoms with van der Waals surface area (Å²) in [6, 6.07) is 12.6. The predicted molar refractivity (Wildman–Crippen MR) is 81.1 cm³/mol. The van der Waals surface area contributed by atoms with E-state index in [9.17, 15) is 0 Å². The summed E-state index contributed by atoms with van der Waals surface area (Å²) in [7, 11) is 0. The Morgan fingerprint density at radius 1 is 1.29 bits per heavy atom. The molecule has 2 aromatic heterocycles. The lowest BCUT2D eigenvalue weighted by atomic mass is 10.1. The van der Waals surface area contributed by atoms with Gasteiger partial charge in [0.2, 0.25) is 0 Å². The molecule has 5 nitrogen and oxygen atoms in total. The Bertz CT molecular complexity index is 661. The molecular weight excluding hydrogens is 264 g/mol. The number of nitrogens with zero attached hydrogens (tertiary/aromatic N) is 3. The summed E-state index contributed by atoms with van der Waals surface area (Å²) < 4.78 is 7.19. The molecule has 3 aromatic rings. The maximum absolute atomic E-state index is 5.38. The van der Waals surface area contributed by atoms with Crippen LogP contribution in [0.3, 0.4) is 0 Å². The molecule has 0 aliphatic rings. The van der Waals surface area contributed by atoms with Crippen molar-refractivity contribution in [3.05, 3.63) is 66.6 Å². The number of furan rings is 1. The monoisotopic (exact) mass is 282 g/mol. The highest BCUT2D eigenvalue weighted by molar-refractivity contribution is 5.46. The van der Waals surface area contributed by atoms with Gasteiger partial charge in [-0.3, -0.25) is 0 Å². The Balaban J connectivity index is 1.62. The third kappa shape index (κ3) is 3.72. The van der Waals surface area contributed by atoms with Gasteiger partial charge in [-0.2, -0.15) is 5.10 Å². The van der Waals surface area contributed by atoms with Crippen molar-refractivity contribution < 1.29 is 4.42 Å². The molecular formula is C16H18N4O. The average Bonchev–Trinajstić information content (AvgIpc) is 3.12. The van der Waals surface area contributed by atoms with E-state index in [1.54, 1.807) is 18.9 Å². The molecule has 1 atom stereocenters. The number of benzene rings is 1. The Kier molecular flexibility index (Phi) is 4.00. The summed E-state index contributed by atoms with van der Waals surface area (Å²) in [6.45, 7) is 2.87. The molecule has 0 amide bonds. The van der Waals surface area contributed by atoms with Gasteiger partial charge in [0.05, 0.1) is 12.8 Å². The lowest BCUT2D eigenvalue weighted by Gasteiger charge is -2.15. The van der Waals surface area contributed by atoms with Gasteiger partial charge in [-0.15, -0.1) is 0 Å². The minimum Gasteiger partial charge on any atom is -0.469 e. The zero-order chi connectivity index (χ0) is 14.5. The maximum atomic E-state index is 5.38. The molecule has 1 aromatic carbocycles. The molecule has 3 rings (SSSR count). The van der Waals surface area contributed by atoms with E-state index in [-0.39, 0.29) is 0 Å². The van der Waals surface area contributed by atoms with Gasteiger partial charge in [0.1, 0.15) is 18.4 Å². The van der Waals surface area contributed by atoms with E-state index in [1.165, 1.54) is 5.56 Å². The number of rotatable bonds is 6. The second-order valence-electron chi connectivity index (χ2n) is 5.12. The molecule has 0 aliphatic heterocycles. The fourth-order valence-electron chi connectivity index (χ4n) is 2.33. The first kappa shape index (κ1) is 13.4. The second-order valence-corrected chi connectivity index (χ2v) is 5.12. The van der Waals surface area contributed by atoms with Crippen LogP contribution >= 0.6 is 0 Å². The third-order valence-electron chi connectivity index (χ3n) is 3.24. The van der Waals surface area contributed by atoms with E-state index in [0.29, 0.717) is 6.04 Å². The molecule has 21 heavy (non-hydrogen) atoms. The molecule has 5 heteroatoms. The molecule has 108 valence electrons.